The first kappa shape index (κ1) is 21.8. The molecule has 158 valence electrons. The fourth-order valence-electron chi connectivity index (χ4n) is 3.75. The maximum atomic E-state index is 13.2. The number of rotatable bonds is 6. The minimum Gasteiger partial charge on any atom is -0.459 e. The van der Waals surface area contributed by atoms with Gasteiger partial charge in [0.05, 0.1) is 28.1 Å². The van der Waals surface area contributed by atoms with E-state index in [0.29, 0.717) is 27.7 Å². The van der Waals surface area contributed by atoms with Crippen molar-refractivity contribution >= 4 is 39.8 Å². The van der Waals surface area contributed by atoms with Crippen LogP contribution in [0.1, 0.15) is 78.3 Å². The molecule has 1 amide bonds. The van der Waals surface area contributed by atoms with Crippen molar-refractivity contribution < 1.29 is 14.3 Å². The molecule has 1 N–H and O–H groups in total. The molecule has 1 aliphatic carbocycles. The first-order chi connectivity index (χ1) is 13.7. The largest absolute Gasteiger partial charge is 0.459 e. The van der Waals surface area contributed by atoms with Crippen LogP contribution in [0.25, 0.3) is 0 Å². The Bertz CT molecular complexity index is 932. The highest BCUT2D eigenvalue weighted by molar-refractivity contribution is 7.17. The van der Waals surface area contributed by atoms with E-state index in [0.717, 1.165) is 36.9 Å². The van der Waals surface area contributed by atoms with Gasteiger partial charge in [0, 0.05) is 4.88 Å². The lowest BCUT2D eigenvalue weighted by Gasteiger charge is -2.18. The van der Waals surface area contributed by atoms with E-state index in [9.17, 15) is 9.59 Å². The van der Waals surface area contributed by atoms with Crippen molar-refractivity contribution in [3.63, 3.8) is 0 Å². The Labute approximate surface area is 180 Å². The number of amides is 1. The summed E-state index contributed by atoms with van der Waals surface area (Å²) in [6.07, 6.45) is 4.25. The Balaban J connectivity index is 1.93. The number of ether oxygens (including phenoxy) is 1. The zero-order chi connectivity index (χ0) is 21.3. The van der Waals surface area contributed by atoms with Gasteiger partial charge in [-0.2, -0.15) is 5.10 Å². The summed E-state index contributed by atoms with van der Waals surface area (Å²) in [6, 6.07) is -0.505. The molecule has 0 bridgehead atoms. The van der Waals surface area contributed by atoms with E-state index >= 15 is 0 Å². The molecule has 2 heterocycles. The number of nitrogens with zero attached hydrogens (tertiary/aromatic N) is 2. The number of esters is 1. The van der Waals surface area contributed by atoms with Crippen LogP contribution in [0.3, 0.4) is 0 Å². The zero-order valence-electron chi connectivity index (χ0n) is 17.6. The summed E-state index contributed by atoms with van der Waals surface area (Å²) in [7, 11) is 0. The molecule has 2 aromatic rings. The molecule has 8 heteroatoms. The smallest absolute Gasteiger partial charge is 0.341 e. The van der Waals surface area contributed by atoms with E-state index in [1.165, 1.54) is 16.2 Å². The van der Waals surface area contributed by atoms with Crippen LogP contribution >= 0.6 is 22.9 Å². The molecule has 2 aromatic heterocycles. The van der Waals surface area contributed by atoms with Gasteiger partial charge in [-0.3, -0.25) is 9.48 Å². The van der Waals surface area contributed by atoms with Gasteiger partial charge in [-0.25, -0.2) is 4.79 Å². The maximum absolute atomic E-state index is 13.2. The Hall–Kier alpha value is -1.86. The van der Waals surface area contributed by atoms with Crippen LogP contribution in [-0.4, -0.2) is 27.8 Å². The number of hydrogen-bond donors (Lipinski definition) is 1. The van der Waals surface area contributed by atoms with Crippen LogP contribution in [0.15, 0.2) is 0 Å². The van der Waals surface area contributed by atoms with E-state index < -0.39 is 6.04 Å². The Morgan fingerprint density at radius 3 is 2.55 bits per heavy atom. The fraction of sp³-hybridized carbons (Fsp3) is 0.571. The number of hydrogen-bond acceptors (Lipinski definition) is 5. The first-order valence-electron chi connectivity index (χ1n) is 10.1. The van der Waals surface area contributed by atoms with Gasteiger partial charge in [0.25, 0.3) is 0 Å². The second-order valence-corrected chi connectivity index (χ2v) is 9.19. The number of nitrogens with one attached hydrogen (secondary N) is 1. The average Bonchev–Trinajstić information content (AvgIpc) is 3.14. The summed E-state index contributed by atoms with van der Waals surface area (Å²) in [6.45, 7) is 9.27. The second-order valence-electron chi connectivity index (χ2n) is 7.71. The monoisotopic (exact) mass is 437 g/mol. The molecular formula is C21H28ClN3O3S. The van der Waals surface area contributed by atoms with Crippen molar-refractivity contribution in [1.82, 2.24) is 9.78 Å². The van der Waals surface area contributed by atoms with E-state index in [1.54, 1.807) is 4.68 Å². The molecular weight excluding hydrogens is 410 g/mol. The molecule has 1 unspecified atom stereocenters. The van der Waals surface area contributed by atoms with Crippen molar-refractivity contribution in [2.45, 2.75) is 78.9 Å². The fourth-order valence-corrected chi connectivity index (χ4v) is 5.16. The van der Waals surface area contributed by atoms with Gasteiger partial charge in [-0.1, -0.05) is 18.5 Å². The molecule has 0 spiro atoms. The molecule has 0 saturated heterocycles. The van der Waals surface area contributed by atoms with Crippen molar-refractivity contribution in [3.05, 3.63) is 32.4 Å². The Morgan fingerprint density at radius 2 is 1.97 bits per heavy atom. The highest BCUT2D eigenvalue weighted by Gasteiger charge is 2.30. The predicted molar refractivity (Wildman–Crippen MR) is 116 cm³/mol. The molecule has 6 nitrogen and oxygen atoms in total. The number of carbonyl (C=O) groups excluding carboxylic acids is 2. The second kappa shape index (κ2) is 8.88. The number of halogens is 1. The van der Waals surface area contributed by atoms with Gasteiger partial charge >= 0.3 is 5.97 Å². The molecule has 29 heavy (non-hydrogen) atoms. The lowest BCUT2D eigenvalue weighted by molar-refractivity contribution is -0.119. The zero-order valence-corrected chi connectivity index (χ0v) is 19.2. The normalized spacial score (nSPS) is 14.6. The van der Waals surface area contributed by atoms with Crippen LogP contribution in [0.5, 0.6) is 0 Å². The third-order valence-corrected chi connectivity index (χ3v) is 6.93. The number of aromatic nitrogens is 2. The summed E-state index contributed by atoms with van der Waals surface area (Å²) in [5.41, 5.74) is 3.01. The van der Waals surface area contributed by atoms with E-state index in [1.807, 2.05) is 34.6 Å². The van der Waals surface area contributed by atoms with Gasteiger partial charge in [-0.05, 0) is 65.4 Å². The van der Waals surface area contributed by atoms with Crippen LogP contribution < -0.4 is 5.32 Å². The van der Waals surface area contributed by atoms with Crippen LogP contribution in [0, 0.1) is 13.8 Å². The summed E-state index contributed by atoms with van der Waals surface area (Å²) >= 11 is 7.77. The topological polar surface area (TPSA) is 73.2 Å². The molecule has 0 aliphatic heterocycles. The van der Waals surface area contributed by atoms with Crippen molar-refractivity contribution in [3.8, 4) is 0 Å². The minimum atomic E-state index is -0.505. The van der Waals surface area contributed by atoms with Gasteiger partial charge in [0.1, 0.15) is 11.0 Å². The number of fused-ring (bicyclic) bond motifs is 1. The Morgan fingerprint density at radius 1 is 1.28 bits per heavy atom. The standard InChI is InChI=1S/C21H28ClN3O3S/c1-6-15(25-13(5)18(22)12(4)24-25)19(26)23-20-17(21(27)28-11(2)3)14-9-7-8-10-16(14)29-20/h11,15H,6-10H2,1-5H3,(H,23,26). The summed E-state index contributed by atoms with van der Waals surface area (Å²) < 4.78 is 7.15. The number of carbonyl (C=O) groups is 2. The number of anilines is 1. The van der Waals surface area contributed by atoms with Gasteiger partial charge in [0.15, 0.2) is 0 Å². The van der Waals surface area contributed by atoms with Crippen molar-refractivity contribution in [2.24, 2.45) is 0 Å². The molecule has 1 aliphatic rings. The Kier molecular flexibility index (Phi) is 6.69. The minimum absolute atomic E-state index is 0.202. The van der Waals surface area contributed by atoms with Crippen LogP contribution in [-0.2, 0) is 22.4 Å². The summed E-state index contributed by atoms with van der Waals surface area (Å²) in [4.78, 5) is 27.1. The molecule has 1 atom stereocenters. The van der Waals surface area contributed by atoms with E-state index in [2.05, 4.69) is 10.4 Å². The molecule has 0 radical (unpaired) electrons. The number of aryl methyl sites for hydroxylation is 2. The lowest BCUT2D eigenvalue weighted by Crippen LogP contribution is -2.27. The third kappa shape index (κ3) is 4.36. The quantitative estimate of drug-likeness (QED) is 0.626. The summed E-state index contributed by atoms with van der Waals surface area (Å²) in [5, 5.41) is 8.60. The maximum Gasteiger partial charge on any atom is 0.341 e. The number of thiophene rings is 1. The van der Waals surface area contributed by atoms with Crippen molar-refractivity contribution in [1.29, 1.82) is 0 Å². The lowest BCUT2D eigenvalue weighted by atomic mass is 9.95. The van der Waals surface area contributed by atoms with Crippen LogP contribution in [0.4, 0.5) is 5.00 Å². The molecule has 0 aromatic carbocycles. The van der Waals surface area contributed by atoms with Crippen LogP contribution in [0.2, 0.25) is 5.02 Å². The van der Waals surface area contributed by atoms with E-state index in [4.69, 9.17) is 16.3 Å². The predicted octanol–water partition coefficient (Wildman–Crippen LogP) is 5.25. The molecule has 3 rings (SSSR count). The molecule has 0 saturated carbocycles. The average molecular weight is 438 g/mol. The highest BCUT2D eigenvalue weighted by atomic mass is 35.5. The van der Waals surface area contributed by atoms with Gasteiger partial charge in [0.2, 0.25) is 5.91 Å². The SMILES string of the molecule is CCC(C(=O)Nc1sc2c(c1C(=O)OC(C)C)CCCC2)n1nc(C)c(Cl)c1C. The van der Waals surface area contributed by atoms with Crippen molar-refractivity contribution in [2.75, 3.05) is 5.32 Å². The first-order valence-corrected chi connectivity index (χ1v) is 11.3. The highest BCUT2D eigenvalue weighted by Crippen LogP contribution is 2.39. The van der Waals surface area contributed by atoms with Gasteiger partial charge < -0.3 is 10.1 Å². The van der Waals surface area contributed by atoms with Gasteiger partial charge in [-0.15, -0.1) is 11.3 Å². The van der Waals surface area contributed by atoms with E-state index in [-0.39, 0.29) is 18.0 Å². The third-order valence-electron chi connectivity index (χ3n) is 5.18. The molecule has 0 fully saturated rings. The summed E-state index contributed by atoms with van der Waals surface area (Å²) in [5.74, 6) is -0.566.